The maximum absolute atomic E-state index is 10.2. The van der Waals surface area contributed by atoms with Gasteiger partial charge in [0.2, 0.25) is 0 Å². The summed E-state index contributed by atoms with van der Waals surface area (Å²) < 4.78 is 7.01. The lowest BCUT2D eigenvalue weighted by molar-refractivity contribution is -0.0511. The molecule has 0 bridgehead atoms. The predicted octanol–water partition coefficient (Wildman–Crippen LogP) is -1.21. The minimum absolute atomic E-state index is 0.0131. The summed E-state index contributed by atoms with van der Waals surface area (Å²) in [5, 5.41) is 41.4. The second-order valence-corrected chi connectivity index (χ2v) is 5.86. The average Bonchev–Trinajstić information content (AvgIpc) is 3.17. The normalized spacial score (nSPS) is 27.2. The first-order valence-corrected chi connectivity index (χ1v) is 7.87. The van der Waals surface area contributed by atoms with E-state index in [2.05, 4.69) is 20.3 Å². The zero-order chi connectivity index (χ0) is 18.0. The molecule has 0 amide bonds. The Hall–Kier alpha value is -2.11. The summed E-state index contributed by atoms with van der Waals surface area (Å²) in [6, 6.07) is 0. The van der Waals surface area contributed by atoms with Gasteiger partial charge in [-0.3, -0.25) is 4.57 Å². The van der Waals surface area contributed by atoms with Gasteiger partial charge >= 0.3 is 0 Å². The minimum atomic E-state index is -1.21. The zero-order valence-corrected chi connectivity index (χ0v) is 13.6. The number of aliphatic hydroxyl groups excluding tert-OH is 4. The average molecular weight is 351 g/mol. The summed E-state index contributed by atoms with van der Waals surface area (Å²) in [5.74, 6) is 0.498. The monoisotopic (exact) mass is 351 g/mol. The summed E-state index contributed by atoms with van der Waals surface area (Å²) in [5.41, 5.74) is 1.74. The van der Waals surface area contributed by atoms with Gasteiger partial charge in [-0.05, 0) is 6.92 Å². The third-order valence-electron chi connectivity index (χ3n) is 4.12. The van der Waals surface area contributed by atoms with Crippen LogP contribution in [0.2, 0.25) is 0 Å². The van der Waals surface area contributed by atoms with Gasteiger partial charge in [0, 0.05) is 6.54 Å². The Bertz CT molecular complexity index is 764. The van der Waals surface area contributed by atoms with Crippen LogP contribution in [0, 0.1) is 0 Å². The molecule has 0 radical (unpaired) electrons. The second kappa shape index (κ2) is 7.42. The highest BCUT2D eigenvalue weighted by molar-refractivity contribution is 5.82. The van der Waals surface area contributed by atoms with Gasteiger partial charge in [0.05, 0.1) is 19.5 Å². The lowest BCUT2D eigenvalue weighted by Crippen LogP contribution is -2.33. The fourth-order valence-corrected chi connectivity index (χ4v) is 2.66. The lowest BCUT2D eigenvalue weighted by atomic mass is 10.1. The molecule has 25 heavy (non-hydrogen) atoms. The van der Waals surface area contributed by atoms with Crippen LogP contribution in [0.4, 0.5) is 5.82 Å². The quantitative estimate of drug-likeness (QED) is 0.404. The molecule has 10 heteroatoms. The van der Waals surface area contributed by atoms with E-state index < -0.39 is 31.1 Å². The Balaban J connectivity index is 1.86. The van der Waals surface area contributed by atoms with Gasteiger partial charge in [-0.1, -0.05) is 11.6 Å². The molecular formula is C15H21N5O5. The summed E-state index contributed by atoms with van der Waals surface area (Å²) >= 11 is 0. The van der Waals surface area contributed by atoms with E-state index in [4.69, 9.17) is 9.84 Å². The fourth-order valence-electron chi connectivity index (χ4n) is 2.66. The summed E-state index contributed by atoms with van der Waals surface area (Å²) in [6.07, 6.45) is 0.443. The van der Waals surface area contributed by atoms with E-state index in [1.54, 1.807) is 0 Å². The topological polar surface area (TPSA) is 146 Å². The van der Waals surface area contributed by atoms with E-state index >= 15 is 0 Å². The number of nitrogens with one attached hydrogen (secondary N) is 1. The number of fused-ring (bicyclic) bond motifs is 1. The van der Waals surface area contributed by atoms with E-state index in [0.717, 1.165) is 5.57 Å². The van der Waals surface area contributed by atoms with E-state index in [0.29, 0.717) is 23.5 Å². The Kier molecular flexibility index (Phi) is 5.25. The molecule has 0 aliphatic carbocycles. The maximum Gasteiger partial charge on any atom is 0.167 e. The van der Waals surface area contributed by atoms with Gasteiger partial charge in [0.25, 0.3) is 0 Å². The third kappa shape index (κ3) is 3.34. The minimum Gasteiger partial charge on any atom is -0.394 e. The number of aromatic nitrogens is 4. The molecule has 2 aromatic rings. The van der Waals surface area contributed by atoms with Crippen LogP contribution in [-0.2, 0) is 4.74 Å². The van der Waals surface area contributed by atoms with Crippen molar-refractivity contribution >= 4 is 17.0 Å². The molecule has 1 saturated heterocycles. The highest BCUT2D eigenvalue weighted by atomic mass is 16.6. The van der Waals surface area contributed by atoms with E-state index in [-0.39, 0.29) is 6.61 Å². The number of hydrogen-bond acceptors (Lipinski definition) is 9. The molecule has 3 rings (SSSR count). The van der Waals surface area contributed by atoms with Crippen molar-refractivity contribution in [2.45, 2.75) is 31.5 Å². The van der Waals surface area contributed by atoms with Crippen molar-refractivity contribution < 1.29 is 25.2 Å². The predicted molar refractivity (Wildman–Crippen MR) is 87.7 cm³/mol. The number of nitrogens with zero attached hydrogens (tertiary/aromatic N) is 4. The number of anilines is 1. The van der Waals surface area contributed by atoms with E-state index in [9.17, 15) is 15.3 Å². The van der Waals surface area contributed by atoms with Gasteiger partial charge in [-0.2, -0.15) is 0 Å². The van der Waals surface area contributed by atoms with Crippen molar-refractivity contribution in [3.8, 4) is 0 Å². The molecule has 1 fully saturated rings. The molecule has 10 nitrogen and oxygen atoms in total. The number of aliphatic hydroxyl groups is 4. The first kappa shape index (κ1) is 17.7. The number of rotatable bonds is 6. The number of hydrogen-bond donors (Lipinski definition) is 5. The molecule has 1 aliphatic rings. The largest absolute Gasteiger partial charge is 0.394 e. The van der Waals surface area contributed by atoms with Gasteiger partial charge in [-0.15, -0.1) is 0 Å². The molecule has 4 atom stereocenters. The van der Waals surface area contributed by atoms with Crippen LogP contribution < -0.4 is 5.32 Å². The summed E-state index contributed by atoms with van der Waals surface area (Å²) in [7, 11) is 0. The second-order valence-electron chi connectivity index (χ2n) is 5.86. The molecular weight excluding hydrogens is 330 g/mol. The third-order valence-corrected chi connectivity index (χ3v) is 4.12. The molecule has 0 saturated carbocycles. The van der Waals surface area contributed by atoms with Crippen molar-refractivity contribution in [2.75, 3.05) is 25.1 Å². The molecule has 5 N–H and O–H groups in total. The zero-order valence-electron chi connectivity index (χ0n) is 13.6. The molecule has 0 spiro atoms. The van der Waals surface area contributed by atoms with E-state index in [1.165, 1.54) is 17.2 Å². The van der Waals surface area contributed by atoms with Gasteiger partial charge in [0.1, 0.15) is 24.6 Å². The van der Waals surface area contributed by atoms with Crippen LogP contribution in [0.1, 0.15) is 13.2 Å². The Morgan fingerprint density at radius 2 is 2.08 bits per heavy atom. The summed E-state index contributed by atoms with van der Waals surface area (Å²) in [4.78, 5) is 12.6. The molecule has 0 aromatic carbocycles. The first-order chi connectivity index (χ1) is 12.1. The first-order valence-electron chi connectivity index (χ1n) is 7.87. The molecule has 136 valence electrons. The fraction of sp³-hybridized carbons (Fsp3) is 0.533. The van der Waals surface area contributed by atoms with Crippen molar-refractivity contribution in [2.24, 2.45) is 0 Å². The van der Waals surface area contributed by atoms with Crippen molar-refractivity contribution in [1.82, 2.24) is 19.5 Å². The van der Waals surface area contributed by atoms with Crippen LogP contribution >= 0.6 is 0 Å². The van der Waals surface area contributed by atoms with Crippen LogP contribution in [0.15, 0.2) is 24.3 Å². The van der Waals surface area contributed by atoms with Gasteiger partial charge < -0.3 is 30.5 Å². The SMILES string of the molecule is C/C(=C/CNc1ncnc2c1ncn2C1OC(CO)C(O)C1O)CO. The van der Waals surface area contributed by atoms with Gasteiger partial charge in [0.15, 0.2) is 23.2 Å². The smallest absolute Gasteiger partial charge is 0.167 e. The van der Waals surface area contributed by atoms with Crippen LogP contribution in [0.25, 0.3) is 11.2 Å². The standard InChI is InChI=1S/C15H21N5O5/c1-8(4-21)2-3-16-13-10-14(18-6-17-13)20(7-19-10)15-12(24)11(23)9(5-22)25-15/h2,6-7,9,11-12,15,21-24H,3-5H2,1H3,(H,16,17,18)/b8-2-. The summed E-state index contributed by atoms with van der Waals surface area (Å²) in [6.45, 7) is 1.85. The van der Waals surface area contributed by atoms with Crippen LogP contribution in [0.3, 0.4) is 0 Å². The van der Waals surface area contributed by atoms with Crippen LogP contribution in [0.5, 0.6) is 0 Å². The Labute approximate surface area is 143 Å². The lowest BCUT2D eigenvalue weighted by Gasteiger charge is -2.16. The highest BCUT2D eigenvalue weighted by Crippen LogP contribution is 2.31. The molecule has 1 aliphatic heterocycles. The molecule has 4 unspecified atom stereocenters. The molecule has 3 heterocycles. The Morgan fingerprint density at radius 3 is 2.76 bits per heavy atom. The van der Waals surface area contributed by atoms with Crippen LogP contribution in [-0.4, -0.2) is 78.0 Å². The van der Waals surface area contributed by atoms with E-state index in [1.807, 2.05) is 13.0 Å². The van der Waals surface area contributed by atoms with Crippen molar-refractivity contribution in [3.05, 3.63) is 24.3 Å². The van der Waals surface area contributed by atoms with Crippen molar-refractivity contribution in [3.63, 3.8) is 0 Å². The van der Waals surface area contributed by atoms with Gasteiger partial charge in [-0.25, -0.2) is 15.0 Å². The highest BCUT2D eigenvalue weighted by Gasteiger charge is 2.44. The molecule has 2 aromatic heterocycles. The van der Waals surface area contributed by atoms with Crippen molar-refractivity contribution in [1.29, 1.82) is 0 Å². The number of imidazole rings is 1. The Morgan fingerprint density at radius 1 is 1.28 bits per heavy atom. The maximum atomic E-state index is 10.2. The number of ether oxygens (including phenoxy) is 1.